The molecule has 67 heavy (non-hydrogen) atoms. The topological polar surface area (TPSA) is 0 Å². The van der Waals surface area contributed by atoms with E-state index in [2.05, 4.69) is 239 Å². The van der Waals surface area contributed by atoms with E-state index in [1.54, 1.807) is 0 Å². The van der Waals surface area contributed by atoms with Crippen LogP contribution in [-0.2, 0) is 37.2 Å². The summed E-state index contributed by atoms with van der Waals surface area (Å²) in [4.78, 5) is 0. The van der Waals surface area contributed by atoms with Gasteiger partial charge in [-0.2, -0.15) is 0 Å². The molecule has 8 rings (SSSR count). The third-order valence-electron chi connectivity index (χ3n) is 15.8. The molecule has 2 aliphatic carbocycles. The van der Waals surface area contributed by atoms with E-state index in [9.17, 15) is 17.0 Å². The minimum atomic E-state index is -5.44. The van der Waals surface area contributed by atoms with Gasteiger partial charge in [-0.1, -0.05) is 0 Å². The first-order valence-corrected chi connectivity index (χ1v) is 41.3. The van der Waals surface area contributed by atoms with Crippen LogP contribution in [-0.4, -0.2) is 5.92 Å². The van der Waals surface area contributed by atoms with E-state index in [1.165, 1.54) is 105 Å². The van der Waals surface area contributed by atoms with Crippen molar-refractivity contribution >= 4 is 51.4 Å². The molecule has 2 atom stereocenters. The van der Waals surface area contributed by atoms with E-state index in [0.29, 0.717) is 0 Å². The number of rotatable bonds is 7. The molecular weight excluding hydrogens is 947 g/mol. The number of hydrogen-bond donors (Lipinski definition) is 0. The van der Waals surface area contributed by atoms with Crippen LogP contribution in [0.5, 0.6) is 0 Å². The van der Waals surface area contributed by atoms with Crippen molar-refractivity contribution in [1.82, 2.24) is 0 Å². The number of fused-ring (bicyclic) bond motifs is 3. The van der Waals surface area contributed by atoms with Crippen LogP contribution in [0.15, 0.2) is 109 Å². The fourth-order valence-electron chi connectivity index (χ4n) is 12.4. The van der Waals surface area contributed by atoms with Crippen molar-refractivity contribution in [2.24, 2.45) is 5.92 Å². The zero-order valence-electron chi connectivity index (χ0n) is 44.0. The third kappa shape index (κ3) is 8.43. The van der Waals surface area contributed by atoms with E-state index < -0.39 is 21.5 Å². The summed E-state index contributed by atoms with van der Waals surface area (Å²) >= 11 is -5.44. The summed E-state index contributed by atoms with van der Waals surface area (Å²) in [7, 11) is 18.8. The van der Waals surface area contributed by atoms with Crippen molar-refractivity contribution in [2.75, 3.05) is 0 Å². The Morgan fingerprint density at radius 3 is 1.51 bits per heavy atom. The Bertz CT molecular complexity index is 2940. The molecule has 0 saturated heterocycles. The fourth-order valence-corrected chi connectivity index (χ4v) is 43.1. The van der Waals surface area contributed by atoms with Gasteiger partial charge in [0.2, 0.25) is 0 Å². The van der Waals surface area contributed by atoms with Crippen molar-refractivity contribution in [1.29, 1.82) is 0 Å². The first kappa shape index (κ1) is 50.1. The molecule has 0 N–H and O–H groups in total. The number of allylic oxidation sites excluding steroid dienone is 2. The molecular formula is C63H77Cl2SiZr. The first-order valence-electron chi connectivity index (χ1n) is 25.0. The van der Waals surface area contributed by atoms with Crippen LogP contribution in [0.1, 0.15) is 165 Å². The molecule has 4 heteroatoms. The summed E-state index contributed by atoms with van der Waals surface area (Å²) in [6, 6.07) is 39.7. The van der Waals surface area contributed by atoms with E-state index >= 15 is 0 Å². The third-order valence-corrected chi connectivity index (χ3v) is 67.3. The first-order chi connectivity index (χ1) is 31.0. The molecule has 0 nitrogen and oxygen atoms in total. The van der Waals surface area contributed by atoms with Crippen LogP contribution in [0.4, 0.5) is 0 Å². The summed E-state index contributed by atoms with van der Waals surface area (Å²) in [6.07, 6.45) is 5.07. The van der Waals surface area contributed by atoms with E-state index in [4.69, 9.17) is 0 Å². The van der Waals surface area contributed by atoms with Crippen LogP contribution in [0, 0.1) is 19.8 Å². The van der Waals surface area contributed by atoms with Gasteiger partial charge >= 0.3 is 418 Å². The van der Waals surface area contributed by atoms with E-state index in [1.807, 2.05) is 0 Å². The predicted octanol–water partition coefficient (Wildman–Crippen LogP) is 19.4. The molecule has 2 aliphatic rings. The average Bonchev–Trinajstić information content (AvgIpc) is 3.84. The zero-order chi connectivity index (χ0) is 49.2. The molecule has 0 bridgehead atoms. The molecule has 0 aliphatic heterocycles. The summed E-state index contributed by atoms with van der Waals surface area (Å²) in [5, 5.41) is 2.52. The molecule has 6 aromatic carbocycles. The van der Waals surface area contributed by atoms with Gasteiger partial charge in [-0.3, -0.25) is 0 Å². The van der Waals surface area contributed by atoms with Crippen molar-refractivity contribution in [3.8, 4) is 22.3 Å². The Morgan fingerprint density at radius 2 is 0.985 bits per heavy atom. The Hall–Kier alpha value is -3.26. The Balaban J connectivity index is 1.50. The van der Waals surface area contributed by atoms with Crippen LogP contribution in [0.25, 0.3) is 50.8 Å². The molecule has 0 amide bonds. The van der Waals surface area contributed by atoms with Crippen molar-refractivity contribution in [3.05, 3.63) is 170 Å². The number of halogens is 2. The van der Waals surface area contributed by atoms with Gasteiger partial charge in [0.25, 0.3) is 0 Å². The van der Waals surface area contributed by atoms with Crippen LogP contribution >= 0.6 is 17.0 Å². The van der Waals surface area contributed by atoms with Gasteiger partial charge < -0.3 is 0 Å². The second-order valence-corrected chi connectivity index (χ2v) is 67.7. The maximum absolute atomic E-state index is 9.41. The summed E-state index contributed by atoms with van der Waals surface area (Å²) in [6.45, 7) is 42.8. The molecule has 2 unspecified atom stereocenters. The Kier molecular flexibility index (Phi) is 12.7. The standard InChI is InChI=1S/C39H51.C22H19.C2H7Si.2ClH.Zr/c1-24-32(36(3,4)5)20-28(21-33(24)37(6,7)8)27-18-26-16-15-17-30(31(26)19-27)29-22-34(38(9,10)11)25(2)35(23-29)39(12,13)14;1-15(2)18-13-17-9-6-12-21(22(17)14-18)20-11-5-8-16-7-3-4-10-19(16)20;1-3-2;;;/h15-23H,1-14H3;3-15H,1-2H3;3H,1-2H3;2*1H;/q;;;;;+2/p-2. The fraction of sp³-hybridized carbons (Fsp3) is 0.397. The zero-order valence-corrected chi connectivity index (χ0v) is 49.2. The molecule has 0 spiro atoms. The molecule has 0 heterocycles. The predicted molar refractivity (Wildman–Crippen MR) is 299 cm³/mol. The second-order valence-electron chi connectivity index (χ2n) is 25.2. The molecule has 0 radical (unpaired) electrons. The van der Waals surface area contributed by atoms with Gasteiger partial charge in [-0.25, -0.2) is 0 Å². The molecule has 351 valence electrons. The van der Waals surface area contributed by atoms with Crippen LogP contribution in [0.3, 0.4) is 0 Å². The van der Waals surface area contributed by atoms with Gasteiger partial charge in [-0.15, -0.1) is 0 Å². The van der Waals surface area contributed by atoms with Crippen molar-refractivity contribution in [2.45, 2.75) is 153 Å². The monoisotopic (exact) mass is 1020 g/mol. The Labute approximate surface area is 414 Å². The number of benzene rings is 6. The SMILES string of the molecule is Cc1c(C(C)(C)C)cc(C2=Cc3cccc(-c4cc(C(C)(C)C)c(C)c(C(C)(C)C)c4)c3[CH]2[Zr]([Cl])([Cl])([CH]2C(C(C)C)=Cc3c(-c4cccc5ccccc45)cccc32)[SiH](C)C)cc1C(C)(C)C. The van der Waals surface area contributed by atoms with Gasteiger partial charge in [0.05, 0.1) is 0 Å². The van der Waals surface area contributed by atoms with Crippen LogP contribution < -0.4 is 0 Å². The molecule has 6 aromatic rings. The van der Waals surface area contributed by atoms with Gasteiger partial charge in [0, 0.05) is 0 Å². The number of hydrogen-bond acceptors (Lipinski definition) is 0. The average molecular weight is 1020 g/mol. The second kappa shape index (κ2) is 17.0. The van der Waals surface area contributed by atoms with Crippen molar-refractivity contribution in [3.63, 3.8) is 0 Å². The summed E-state index contributed by atoms with van der Waals surface area (Å²) in [5.41, 5.74) is 22.4. The molecule has 0 saturated carbocycles. The van der Waals surface area contributed by atoms with E-state index in [0.717, 1.165) is 0 Å². The van der Waals surface area contributed by atoms with Crippen molar-refractivity contribution < 1.29 is 15.6 Å². The van der Waals surface area contributed by atoms with Gasteiger partial charge in [0.1, 0.15) is 0 Å². The quantitative estimate of drug-likeness (QED) is 0.140. The normalized spacial score (nSPS) is 17.4. The summed E-state index contributed by atoms with van der Waals surface area (Å²) in [5.74, 6) is -1.70. The minimum absolute atomic E-state index is 0.0459. The van der Waals surface area contributed by atoms with Crippen LogP contribution in [0.2, 0.25) is 13.1 Å². The summed E-state index contributed by atoms with van der Waals surface area (Å²) < 4.78 is -0.209. The molecule has 0 fully saturated rings. The maximum atomic E-state index is 9.41. The van der Waals surface area contributed by atoms with E-state index in [-0.39, 0.29) is 34.8 Å². The van der Waals surface area contributed by atoms with Gasteiger partial charge in [0.15, 0.2) is 0 Å². The molecule has 0 aromatic heterocycles. The Morgan fingerprint density at radius 1 is 0.522 bits per heavy atom. The van der Waals surface area contributed by atoms with Gasteiger partial charge in [-0.05, 0) is 0 Å².